The summed E-state index contributed by atoms with van der Waals surface area (Å²) in [6.07, 6.45) is 1.40. The van der Waals surface area contributed by atoms with E-state index in [-0.39, 0.29) is 12.5 Å². The van der Waals surface area contributed by atoms with Gasteiger partial charge in [0.25, 0.3) is 0 Å². The number of hydrogen-bond donors (Lipinski definition) is 1. The van der Waals surface area contributed by atoms with Gasteiger partial charge in [0.1, 0.15) is 0 Å². The maximum absolute atomic E-state index is 10.7. The van der Waals surface area contributed by atoms with Crippen molar-refractivity contribution in [2.75, 3.05) is 33.2 Å². The van der Waals surface area contributed by atoms with Crippen molar-refractivity contribution < 1.29 is 9.90 Å². The molecule has 4 heteroatoms. The van der Waals surface area contributed by atoms with E-state index in [0.717, 1.165) is 32.6 Å². The van der Waals surface area contributed by atoms with Crippen LogP contribution in [0.1, 0.15) is 19.8 Å². The van der Waals surface area contributed by atoms with Crippen molar-refractivity contribution in [1.82, 2.24) is 9.80 Å². The van der Waals surface area contributed by atoms with Crippen molar-refractivity contribution in [3.05, 3.63) is 0 Å². The molecule has 82 valence electrons. The number of likely N-dealkylation sites (N-methyl/N-ethyl adjacent to an activating group) is 2. The predicted octanol–water partition coefficient (Wildman–Crippen LogP) is 0.487. The molecule has 1 aliphatic heterocycles. The number of carboxylic acids is 1. The van der Waals surface area contributed by atoms with Crippen molar-refractivity contribution in [2.45, 2.75) is 25.8 Å². The molecule has 1 unspecified atom stereocenters. The third-order valence-electron chi connectivity index (χ3n) is 2.93. The SMILES string of the molecule is CCN1CCCN(C)C(CC(=O)O)C1. The normalized spacial score (nSPS) is 26.0. The Kier molecular flexibility index (Phi) is 4.35. The molecular formula is C10H20N2O2. The zero-order valence-corrected chi connectivity index (χ0v) is 9.07. The average Bonchev–Trinajstić information content (AvgIpc) is 2.28. The highest BCUT2D eigenvalue weighted by molar-refractivity contribution is 5.67. The van der Waals surface area contributed by atoms with Gasteiger partial charge in [-0.2, -0.15) is 0 Å². The third-order valence-corrected chi connectivity index (χ3v) is 2.93. The van der Waals surface area contributed by atoms with Crippen molar-refractivity contribution >= 4 is 5.97 Å². The van der Waals surface area contributed by atoms with Crippen LogP contribution in [0.4, 0.5) is 0 Å². The molecule has 0 aromatic heterocycles. The van der Waals surface area contributed by atoms with E-state index in [9.17, 15) is 4.79 Å². The first-order valence-corrected chi connectivity index (χ1v) is 5.28. The zero-order valence-electron chi connectivity index (χ0n) is 9.07. The number of carboxylic acid groups (broad SMARTS) is 1. The molecule has 0 saturated carbocycles. The van der Waals surface area contributed by atoms with E-state index in [0.29, 0.717) is 0 Å². The van der Waals surface area contributed by atoms with E-state index < -0.39 is 5.97 Å². The number of nitrogens with zero attached hydrogens (tertiary/aromatic N) is 2. The van der Waals surface area contributed by atoms with Crippen LogP contribution in [0.5, 0.6) is 0 Å². The zero-order chi connectivity index (χ0) is 10.6. The summed E-state index contributed by atoms with van der Waals surface area (Å²) in [5.74, 6) is -0.695. The van der Waals surface area contributed by atoms with Crippen molar-refractivity contribution in [1.29, 1.82) is 0 Å². The van der Waals surface area contributed by atoms with Gasteiger partial charge in [-0.3, -0.25) is 4.79 Å². The molecule has 0 aromatic carbocycles. The van der Waals surface area contributed by atoms with Gasteiger partial charge in [-0.05, 0) is 33.1 Å². The molecule has 1 aliphatic rings. The average molecular weight is 200 g/mol. The van der Waals surface area contributed by atoms with Gasteiger partial charge in [0.05, 0.1) is 6.42 Å². The van der Waals surface area contributed by atoms with E-state index in [2.05, 4.69) is 16.7 Å². The number of hydrogen-bond acceptors (Lipinski definition) is 3. The Labute approximate surface area is 85.5 Å². The third kappa shape index (κ3) is 3.27. The minimum absolute atomic E-state index is 0.176. The Morgan fingerprint density at radius 2 is 2.21 bits per heavy atom. The van der Waals surface area contributed by atoms with Crippen LogP contribution in [0, 0.1) is 0 Å². The van der Waals surface area contributed by atoms with Crippen LogP contribution in [0.3, 0.4) is 0 Å². The molecule has 4 nitrogen and oxygen atoms in total. The second-order valence-corrected chi connectivity index (χ2v) is 3.98. The largest absolute Gasteiger partial charge is 0.481 e. The second-order valence-electron chi connectivity index (χ2n) is 3.98. The molecule has 1 saturated heterocycles. The van der Waals surface area contributed by atoms with Gasteiger partial charge in [0.15, 0.2) is 0 Å². The van der Waals surface area contributed by atoms with Crippen molar-refractivity contribution in [3.8, 4) is 0 Å². The summed E-state index contributed by atoms with van der Waals surface area (Å²) in [4.78, 5) is 15.2. The van der Waals surface area contributed by atoms with Gasteiger partial charge in [-0.15, -0.1) is 0 Å². The van der Waals surface area contributed by atoms with E-state index in [4.69, 9.17) is 5.11 Å². The number of carbonyl (C=O) groups is 1. The first-order valence-electron chi connectivity index (χ1n) is 5.28. The first kappa shape index (κ1) is 11.5. The predicted molar refractivity (Wildman–Crippen MR) is 55.4 cm³/mol. The molecule has 1 atom stereocenters. The molecule has 0 aliphatic carbocycles. The quantitative estimate of drug-likeness (QED) is 0.720. The summed E-state index contributed by atoms with van der Waals surface area (Å²) in [7, 11) is 2.02. The minimum atomic E-state index is -0.695. The van der Waals surface area contributed by atoms with Crippen LogP contribution in [0.15, 0.2) is 0 Å². The molecule has 14 heavy (non-hydrogen) atoms. The highest BCUT2D eigenvalue weighted by Crippen LogP contribution is 2.10. The van der Waals surface area contributed by atoms with E-state index in [1.165, 1.54) is 0 Å². The van der Waals surface area contributed by atoms with Gasteiger partial charge < -0.3 is 14.9 Å². The Balaban J connectivity index is 2.53. The molecule has 0 aromatic rings. The van der Waals surface area contributed by atoms with Crippen molar-refractivity contribution in [2.24, 2.45) is 0 Å². The molecule has 1 rings (SSSR count). The van der Waals surface area contributed by atoms with E-state index >= 15 is 0 Å². The molecule has 0 bridgehead atoms. The van der Waals surface area contributed by atoms with Crippen LogP contribution in [-0.2, 0) is 4.79 Å². The highest BCUT2D eigenvalue weighted by Gasteiger charge is 2.23. The molecule has 1 heterocycles. The lowest BCUT2D eigenvalue weighted by atomic mass is 10.2. The lowest BCUT2D eigenvalue weighted by Crippen LogP contribution is -2.40. The summed E-state index contributed by atoms with van der Waals surface area (Å²) in [6, 6.07) is 0.176. The van der Waals surface area contributed by atoms with Gasteiger partial charge in [-0.25, -0.2) is 0 Å². The van der Waals surface area contributed by atoms with Crippen molar-refractivity contribution in [3.63, 3.8) is 0 Å². The lowest BCUT2D eigenvalue weighted by molar-refractivity contribution is -0.138. The highest BCUT2D eigenvalue weighted by atomic mass is 16.4. The smallest absolute Gasteiger partial charge is 0.304 e. The number of rotatable bonds is 3. The second kappa shape index (κ2) is 5.32. The maximum atomic E-state index is 10.7. The topological polar surface area (TPSA) is 43.8 Å². The molecule has 0 amide bonds. The molecule has 0 radical (unpaired) electrons. The molecule has 0 spiro atoms. The summed E-state index contributed by atoms with van der Waals surface area (Å²) in [5.41, 5.74) is 0. The van der Waals surface area contributed by atoms with Crippen LogP contribution >= 0.6 is 0 Å². The fourth-order valence-corrected chi connectivity index (χ4v) is 1.96. The van der Waals surface area contributed by atoms with Crippen LogP contribution in [0.2, 0.25) is 0 Å². The summed E-state index contributed by atoms with van der Waals surface area (Å²) in [5, 5.41) is 8.79. The van der Waals surface area contributed by atoms with E-state index in [1.807, 2.05) is 7.05 Å². The summed E-state index contributed by atoms with van der Waals surface area (Å²) >= 11 is 0. The van der Waals surface area contributed by atoms with Crippen LogP contribution in [-0.4, -0.2) is 60.1 Å². The van der Waals surface area contributed by atoms with Gasteiger partial charge in [0.2, 0.25) is 0 Å². The molecular weight excluding hydrogens is 180 g/mol. The Bertz CT molecular complexity index is 197. The van der Waals surface area contributed by atoms with Gasteiger partial charge in [-0.1, -0.05) is 6.92 Å². The first-order chi connectivity index (χ1) is 6.63. The summed E-state index contributed by atoms with van der Waals surface area (Å²) in [6.45, 7) is 6.14. The monoisotopic (exact) mass is 200 g/mol. The van der Waals surface area contributed by atoms with Crippen LogP contribution in [0.25, 0.3) is 0 Å². The molecule has 1 fully saturated rings. The minimum Gasteiger partial charge on any atom is -0.481 e. The Morgan fingerprint density at radius 1 is 1.50 bits per heavy atom. The van der Waals surface area contributed by atoms with Gasteiger partial charge >= 0.3 is 5.97 Å². The van der Waals surface area contributed by atoms with Gasteiger partial charge in [0, 0.05) is 12.6 Å². The molecule has 1 N–H and O–H groups in total. The lowest BCUT2D eigenvalue weighted by Gasteiger charge is -2.26. The summed E-state index contributed by atoms with van der Waals surface area (Å²) < 4.78 is 0. The fourth-order valence-electron chi connectivity index (χ4n) is 1.96. The number of aliphatic carboxylic acids is 1. The van der Waals surface area contributed by atoms with Crippen LogP contribution < -0.4 is 0 Å². The van der Waals surface area contributed by atoms with E-state index in [1.54, 1.807) is 0 Å². The Hall–Kier alpha value is -0.610. The maximum Gasteiger partial charge on any atom is 0.304 e. The Morgan fingerprint density at radius 3 is 2.79 bits per heavy atom. The standard InChI is InChI=1S/C10H20N2O2/c1-3-12-6-4-5-11(2)9(8-12)7-10(13)14/h9H,3-8H2,1-2H3,(H,13,14). The fraction of sp³-hybridized carbons (Fsp3) is 0.900.